The van der Waals surface area contributed by atoms with Crippen molar-refractivity contribution in [2.24, 2.45) is 11.7 Å². The molecule has 1 aliphatic heterocycles. The largest absolute Gasteiger partial charge is 0.338 e. The highest BCUT2D eigenvalue weighted by Crippen LogP contribution is 2.23. The summed E-state index contributed by atoms with van der Waals surface area (Å²) in [5.74, 6) is -2.07. The molecule has 0 saturated carbocycles. The van der Waals surface area contributed by atoms with E-state index >= 15 is 0 Å². The van der Waals surface area contributed by atoms with Gasteiger partial charge in [0, 0.05) is 17.6 Å². The zero-order valence-electron chi connectivity index (χ0n) is 9.63. The summed E-state index contributed by atoms with van der Waals surface area (Å²) >= 11 is 2.98. The van der Waals surface area contributed by atoms with E-state index in [0.29, 0.717) is 19.6 Å². The number of rotatable bonds is 2. The SMILES string of the molecule is NCC1CCN(C(=O)c2c(F)cc(Br)cc2F)C1. The number of nitrogens with zero attached hydrogens (tertiary/aromatic N) is 1. The predicted octanol–water partition coefficient (Wildman–Crippen LogP) is 2.15. The van der Waals surface area contributed by atoms with E-state index in [1.165, 1.54) is 4.90 Å². The Balaban J connectivity index is 2.25. The van der Waals surface area contributed by atoms with Crippen molar-refractivity contribution < 1.29 is 13.6 Å². The van der Waals surface area contributed by atoms with Crippen LogP contribution < -0.4 is 5.73 Å². The van der Waals surface area contributed by atoms with Gasteiger partial charge < -0.3 is 10.6 Å². The summed E-state index contributed by atoms with van der Waals surface area (Å²) in [7, 11) is 0. The van der Waals surface area contributed by atoms with Gasteiger partial charge in [-0.2, -0.15) is 0 Å². The molecule has 0 aliphatic carbocycles. The van der Waals surface area contributed by atoms with E-state index in [9.17, 15) is 13.6 Å². The highest BCUT2D eigenvalue weighted by molar-refractivity contribution is 9.10. The van der Waals surface area contributed by atoms with Crippen LogP contribution in [0.1, 0.15) is 16.8 Å². The molecule has 0 spiro atoms. The van der Waals surface area contributed by atoms with Crippen LogP contribution in [0.5, 0.6) is 0 Å². The van der Waals surface area contributed by atoms with Gasteiger partial charge in [0.2, 0.25) is 0 Å². The summed E-state index contributed by atoms with van der Waals surface area (Å²) in [5.41, 5.74) is 5.03. The molecule has 2 N–H and O–H groups in total. The van der Waals surface area contributed by atoms with Crippen molar-refractivity contribution in [3.05, 3.63) is 33.8 Å². The van der Waals surface area contributed by atoms with Crippen LogP contribution in [0.4, 0.5) is 8.78 Å². The van der Waals surface area contributed by atoms with Crippen LogP contribution in [-0.4, -0.2) is 30.4 Å². The Bertz CT molecular complexity index is 458. The number of hydrogen-bond acceptors (Lipinski definition) is 2. The summed E-state index contributed by atoms with van der Waals surface area (Å²) in [6.07, 6.45) is 0.780. The van der Waals surface area contributed by atoms with E-state index in [4.69, 9.17) is 5.73 Å². The van der Waals surface area contributed by atoms with Crippen LogP contribution in [0.25, 0.3) is 0 Å². The molecular weight excluding hydrogens is 306 g/mol. The van der Waals surface area contributed by atoms with E-state index in [-0.39, 0.29) is 10.4 Å². The maximum Gasteiger partial charge on any atom is 0.259 e. The van der Waals surface area contributed by atoms with E-state index in [2.05, 4.69) is 15.9 Å². The summed E-state index contributed by atoms with van der Waals surface area (Å²) < 4.78 is 27.6. The van der Waals surface area contributed by atoms with Gasteiger partial charge in [-0.3, -0.25) is 4.79 Å². The fraction of sp³-hybridized carbons (Fsp3) is 0.417. The van der Waals surface area contributed by atoms with Crippen LogP contribution in [0, 0.1) is 17.6 Å². The molecule has 1 aliphatic rings. The molecule has 18 heavy (non-hydrogen) atoms. The molecule has 1 aromatic rings. The molecule has 1 saturated heterocycles. The van der Waals surface area contributed by atoms with E-state index in [0.717, 1.165) is 18.6 Å². The first-order valence-corrected chi connectivity index (χ1v) is 6.46. The van der Waals surface area contributed by atoms with Crippen LogP contribution in [0.15, 0.2) is 16.6 Å². The van der Waals surface area contributed by atoms with Crippen LogP contribution in [-0.2, 0) is 0 Å². The smallest absolute Gasteiger partial charge is 0.259 e. The van der Waals surface area contributed by atoms with Gasteiger partial charge in [0.05, 0.1) is 0 Å². The van der Waals surface area contributed by atoms with Crippen molar-refractivity contribution in [2.45, 2.75) is 6.42 Å². The number of carbonyl (C=O) groups is 1. The molecule has 1 heterocycles. The van der Waals surface area contributed by atoms with E-state index in [1.807, 2.05) is 0 Å². The van der Waals surface area contributed by atoms with Gasteiger partial charge in [0.1, 0.15) is 17.2 Å². The molecule has 1 unspecified atom stereocenters. The third-order valence-corrected chi connectivity index (χ3v) is 3.58. The second-order valence-corrected chi connectivity index (χ2v) is 5.30. The lowest BCUT2D eigenvalue weighted by atomic mass is 10.1. The first kappa shape index (κ1) is 13.4. The fourth-order valence-corrected chi connectivity index (χ4v) is 2.52. The Morgan fingerprint density at radius 2 is 2.06 bits per heavy atom. The van der Waals surface area contributed by atoms with Gasteiger partial charge >= 0.3 is 0 Å². The minimum absolute atomic E-state index is 0.218. The average Bonchev–Trinajstić information content (AvgIpc) is 2.75. The van der Waals surface area contributed by atoms with Gasteiger partial charge in [-0.15, -0.1) is 0 Å². The molecule has 2 rings (SSSR count). The fourth-order valence-electron chi connectivity index (χ4n) is 2.11. The number of benzene rings is 1. The third kappa shape index (κ3) is 2.54. The maximum atomic E-state index is 13.7. The minimum Gasteiger partial charge on any atom is -0.338 e. The molecular formula is C12H13BrF2N2O. The summed E-state index contributed by atoms with van der Waals surface area (Å²) in [4.78, 5) is 13.5. The zero-order valence-corrected chi connectivity index (χ0v) is 11.2. The molecule has 3 nitrogen and oxygen atoms in total. The number of nitrogens with two attached hydrogens (primary N) is 1. The lowest BCUT2D eigenvalue weighted by Gasteiger charge is -2.17. The van der Waals surface area contributed by atoms with E-state index < -0.39 is 23.1 Å². The molecule has 1 atom stereocenters. The lowest BCUT2D eigenvalue weighted by molar-refractivity contribution is 0.0778. The number of likely N-dealkylation sites (tertiary alicyclic amines) is 1. The monoisotopic (exact) mass is 318 g/mol. The molecule has 98 valence electrons. The minimum atomic E-state index is -0.844. The molecule has 1 aromatic carbocycles. The average molecular weight is 319 g/mol. The normalized spacial score (nSPS) is 19.3. The lowest BCUT2D eigenvalue weighted by Crippen LogP contribution is -2.31. The van der Waals surface area contributed by atoms with Crippen molar-refractivity contribution >= 4 is 21.8 Å². The Hall–Kier alpha value is -1.01. The highest BCUT2D eigenvalue weighted by Gasteiger charge is 2.29. The first-order valence-electron chi connectivity index (χ1n) is 5.66. The van der Waals surface area contributed by atoms with Crippen molar-refractivity contribution in [3.63, 3.8) is 0 Å². The number of amides is 1. The highest BCUT2D eigenvalue weighted by atomic mass is 79.9. The Morgan fingerprint density at radius 1 is 1.44 bits per heavy atom. The standard InChI is InChI=1S/C12H13BrF2N2O/c13-8-3-9(14)11(10(15)4-8)12(18)17-2-1-7(5-16)6-17/h3-4,7H,1-2,5-6,16H2. The summed E-state index contributed by atoms with van der Waals surface area (Å²) in [5, 5.41) is 0. The molecule has 0 bridgehead atoms. The van der Waals surface area contributed by atoms with Gasteiger partial charge in [-0.05, 0) is 31.0 Å². The Morgan fingerprint density at radius 3 is 2.56 bits per heavy atom. The zero-order chi connectivity index (χ0) is 13.3. The predicted molar refractivity (Wildman–Crippen MR) is 67.1 cm³/mol. The van der Waals surface area contributed by atoms with Gasteiger partial charge in [0.25, 0.3) is 5.91 Å². The van der Waals surface area contributed by atoms with Gasteiger partial charge in [-0.1, -0.05) is 15.9 Å². The second-order valence-electron chi connectivity index (χ2n) is 4.39. The topological polar surface area (TPSA) is 46.3 Å². The van der Waals surface area contributed by atoms with Crippen LogP contribution in [0.3, 0.4) is 0 Å². The van der Waals surface area contributed by atoms with Gasteiger partial charge in [0.15, 0.2) is 0 Å². The molecule has 1 fully saturated rings. The number of hydrogen-bond donors (Lipinski definition) is 1. The maximum absolute atomic E-state index is 13.7. The number of carbonyl (C=O) groups excluding carboxylic acids is 1. The van der Waals surface area contributed by atoms with Crippen molar-refractivity contribution in [1.82, 2.24) is 4.90 Å². The van der Waals surface area contributed by atoms with Gasteiger partial charge in [-0.25, -0.2) is 8.78 Å². The third-order valence-electron chi connectivity index (χ3n) is 3.13. The van der Waals surface area contributed by atoms with Crippen molar-refractivity contribution in [3.8, 4) is 0 Å². The van der Waals surface area contributed by atoms with Crippen LogP contribution in [0.2, 0.25) is 0 Å². The van der Waals surface area contributed by atoms with Crippen LogP contribution >= 0.6 is 15.9 Å². The quantitative estimate of drug-likeness (QED) is 0.908. The van der Waals surface area contributed by atoms with Crippen molar-refractivity contribution in [2.75, 3.05) is 19.6 Å². The Labute approximate surface area is 112 Å². The molecule has 6 heteroatoms. The van der Waals surface area contributed by atoms with Crippen molar-refractivity contribution in [1.29, 1.82) is 0 Å². The second kappa shape index (κ2) is 5.32. The van der Waals surface area contributed by atoms with E-state index in [1.54, 1.807) is 0 Å². The molecule has 0 aromatic heterocycles. The first-order chi connectivity index (χ1) is 8.52. The summed E-state index contributed by atoms with van der Waals surface area (Å²) in [6, 6.07) is 2.18. The Kier molecular flexibility index (Phi) is 3.97. The summed E-state index contributed by atoms with van der Waals surface area (Å²) in [6.45, 7) is 1.44. The number of halogens is 3. The molecule has 0 radical (unpaired) electrons. The molecule has 1 amide bonds.